The van der Waals surface area contributed by atoms with Gasteiger partial charge in [-0.1, -0.05) is 152 Å². The Morgan fingerprint density at radius 2 is 0.937 bits per heavy atom. The summed E-state index contributed by atoms with van der Waals surface area (Å²) in [5, 5.41) is 4.62. The lowest BCUT2D eigenvalue weighted by molar-refractivity contribution is 0.467. The van der Waals surface area contributed by atoms with Gasteiger partial charge >= 0.3 is 0 Å². The smallest absolute Gasteiger partial charge is 0.261 e. The van der Waals surface area contributed by atoms with Gasteiger partial charge in [-0.2, -0.15) is 0 Å². The summed E-state index contributed by atoms with van der Waals surface area (Å²) >= 11 is 0. The number of benzene rings is 10. The van der Waals surface area contributed by atoms with Crippen LogP contribution >= 0.6 is 0 Å². The highest BCUT2D eigenvalue weighted by Crippen LogP contribution is 2.48. The highest BCUT2D eigenvalue weighted by molar-refractivity contribution is 7.00. The number of hydrogen-bond donors (Lipinski definition) is 0. The third-order valence-electron chi connectivity index (χ3n) is 12.9. The van der Waals surface area contributed by atoms with E-state index in [-0.39, 0.29) is 6.71 Å². The minimum atomic E-state index is -0.187. The Labute approximate surface area is 365 Å². The van der Waals surface area contributed by atoms with Gasteiger partial charge in [0.1, 0.15) is 23.0 Å². The molecule has 0 radical (unpaired) electrons. The minimum absolute atomic E-state index is 0.187. The summed E-state index contributed by atoms with van der Waals surface area (Å²) in [7, 11) is 0. The summed E-state index contributed by atoms with van der Waals surface area (Å²) in [6.07, 6.45) is 0. The first kappa shape index (κ1) is 35.5. The molecule has 2 aliphatic heterocycles. The van der Waals surface area contributed by atoms with Crippen LogP contribution in [0.5, 0.6) is 23.0 Å². The first-order valence-electron chi connectivity index (χ1n) is 21.5. The molecule has 0 saturated heterocycles. The minimum Gasteiger partial charge on any atom is -0.458 e. The molecule has 63 heavy (non-hydrogen) atoms. The molecule has 0 spiro atoms. The van der Waals surface area contributed by atoms with Crippen LogP contribution < -0.4 is 30.8 Å². The van der Waals surface area contributed by atoms with E-state index in [4.69, 9.17) is 9.47 Å². The molecule has 4 nitrogen and oxygen atoms in total. The van der Waals surface area contributed by atoms with E-state index in [2.05, 4.69) is 234 Å². The van der Waals surface area contributed by atoms with E-state index in [9.17, 15) is 0 Å². The molecule has 2 aliphatic rings. The largest absolute Gasteiger partial charge is 0.458 e. The molecule has 0 unspecified atom stereocenters. The van der Waals surface area contributed by atoms with E-state index < -0.39 is 0 Å². The first-order chi connectivity index (χ1) is 31.3. The fourth-order valence-corrected chi connectivity index (χ4v) is 10.1. The number of rotatable bonds is 6. The average molecular weight is 805 g/mol. The second kappa shape index (κ2) is 14.2. The zero-order valence-electron chi connectivity index (χ0n) is 34.2. The van der Waals surface area contributed by atoms with Crippen LogP contribution in [0, 0.1) is 0 Å². The fourth-order valence-electron chi connectivity index (χ4n) is 10.1. The molecule has 1 aromatic heterocycles. The Kier molecular flexibility index (Phi) is 7.97. The maximum atomic E-state index is 7.38. The molecule has 294 valence electrons. The molecule has 0 aliphatic carbocycles. The van der Waals surface area contributed by atoms with Gasteiger partial charge in [-0.15, -0.1) is 0 Å². The summed E-state index contributed by atoms with van der Waals surface area (Å²) in [5.74, 6) is 3.39. The molecule has 0 bridgehead atoms. The highest BCUT2D eigenvalue weighted by Gasteiger charge is 2.44. The maximum absolute atomic E-state index is 7.38. The number of para-hydroxylation sites is 3. The topological polar surface area (TPSA) is 26.6 Å². The zero-order valence-corrected chi connectivity index (χ0v) is 34.2. The average Bonchev–Trinajstić information content (AvgIpc) is 3.67. The van der Waals surface area contributed by atoms with Gasteiger partial charge in [0.2, 0.25) is 0 Å². The molecular weight excluding hydrogens is 767 g/mol. The number of hydrogen-bond acceptors (Lipinski definition) is 3. The van der Waals surface area contributed by atoms with E-state index in [0.717, 1.165) is 106 Å². The van der Waals surface area contributed by atoms with Gasteiger partial charge in [-0.25, -0.2) is 0 Å². The fraction of sp³-hybridized carbons (Fsp3) is 0. The van der Waals surface area contributed by atoms with E-state index in [0.29, 0.717) is 0 Å². The molecule has 5 heteroatoms. The second-order valence-corrected chi connectivity index (χ2v) is 16.4. The standard InChI is InChI=1S/C58H37BN2O2/c1-6-18-38(19-7-1)47-35-48(39-20-8-2-9-21-39)58-56-57(47)62-53-33-30-40-22-16-17-29-45(40)55(53)59(56)50-37-52-49(36-54(50)63-58)46-32-31-44(34-51(46)61(52)43-27-14-5-15-28-43)60(41-23-10-3-11-24-41)42-25-12-4-13-26-42/h1-37H. The Hall–Kier alpha value is -8.28. The number of ether oxygens (including phenoxy) is 2. The first-order valence-corrected chi connectivity index (χ1v) is 21.5. The third-order valence-corrected chi connectivity index (χ3v) is 12.9. The molecule has 3 heterocycles. The highest BCUT2D eigenvalue weighted by atomic mass is 16.5. The van der Waals surface area contributed by atoms with Crippen molar-refractivity contribution in [2.75, 3.05) is 4.90 Å². The van der Waals surface area contributed by atoms with Crippen LogP contribution in [0.3, 0.4) is 0 Å². The van der Waals surface area contributed by atoms with Crippen molar-refractivity contribution in [3.8, 4) is 50.9 Å². The van der Waals surface area contributed by atoms with Gasteiger partial charge in [0, 0.05) is 50.1 Å². The number of aromatic nitrogens is 1. The van der Waals surface area contributed by atoms with Gasteiger partial charge < -0.3 is 18.9 Å². The molecule has 0 N–H and O–H groups in total. The van der Waals surface area contributed by atoms with Gasteiger partial charge in [0.15, 0.2) is 0 Å². The molecule has 0 amide bonds. The van der Waals surface area contributed by atoms with Crippen molar-refractivity contribution >= 4 is 72.7 Å². The van der Waals surface area contributed by atoms with E-state index in [1.54, 1.807) is 0 Å². The summed E-state index contributed by atoms with van der Waals surface area (Å²) in [6, 6.07) is 80.0. The second-order valence-electron chi connectivity index (χ2n) is 16.4. The summed E-state index contributed by atoms with van der Waals surface area (Å²) in [4.78, 5) is 2.33. The van der Waals surface area contributed by atoms with Gasteiger partial charge in [0.25, 0.3) is 6.71 Å². The Balaban J connectivity index is 1.12. The van der Waals surface area contributed by atoms with Crippen LogP contribution in [-0.2, 0) is 0 Å². The van der Waals surface area contributed by atoms with Gasteiger partial charge in [-0.3, -0.25) is 0 Å². The van der Waals surface area contributed by atoms with Crippen LogP contribution in [0.2, 0.25) is 0 Å². The molecule has 0 atom stereocenters. The number of nitrogens with zero attached hydrogens (tertiary/aromatic N) is 2. The van der Waals surface area contributed by atoms with Crippen molar-refractivity contribution in [3.63, 3.8) is 0 Å². The van der Waals surface area contributed by atoms with Crippen molar-refractivity contribution in [2.24, 2.45) is 0 Å². The third kappa shape index (κ3) is 5.56. The van der Waals surface area contributed by atoms with E-state index >= 15 is 0 Å². The number of anilines is 3. The summed E-state index contributed by atoms with van der Waals surface area (Å²) < 4.78 is 17.0. The molecule has 10 aromatic carbocycles. The summed E-state index contributed by atoms with van der Waals surface area (Å²) in [5.41, 5.74) is 14.2. The zero-order chi connectivity index (χ0) is 41.4. The molecule has 0 fully saturated rings. The maximum Gasteiger partial charge on any atom is 0.261 e. The van der Waals surface area contributed by atoms with Crippen LogP contribution in [0.15, 0.2) is 224 Å². The van der Waals surface area contributed by atoms with Crippen molar-refractivity contribution in [1.82, 2.24) is 4.57 Å². The SMILES string of the molecule is c1ccc(-c2cc(-c3ccccc3)c3c4c2Oc2cc5c6ccc(N(c7ccccc7)c7ccccc7)cc6n(-c6ccccc6)c5cc2B4c2c(ccc4ccccc24)O3)cc1. The van der Waals surface area contributed by atoms with Crippen molar-refractivity contribution < 1.29 is 9.47 Å². The van der Waals surface area contributed by atoms with E-state index in [1.807, 2.05) is 0 Å². The predicted octanol–water partition coefficient (Wildman–Crippen LogP) is 13.5. The lowest BCUT2D eigenvalue weighted by atomic mass is 9.34. The quantitative estimate of drug-likeness (QED) is 0.157. The Morgan fingerprint density at radius 3 is 1.59 bits per heavy atom. The molecular formula is C58H37BN2O2. The van der Waals surface area contributed by atoms with Crippen molar-refractivity contribution in [1.29, 1.82) is 0 Å². The number of fused-ring (bicyclic) bond motifs is 9. The molecule has 0 saturated carbocycles. The normalized spacial score (nSPS) is 12.3. The monoisotopic (exact) mass is 804 g/mol. The van der Waals surface area contributed by atoms with Gasteiger partial charge in [-0.05, 0) is 106 Å². The summed E-state index contributed by atoms with van der Waals surface area (Å²) in [6.45, 7) is -0.187. The molecule has 11 aromatic rings. The van der Waals surface area contributed by atoms with Crippen LogP contribution in [-0.4, -0.2) is 11.3 Å². The lowest BCUT2D eigenvalue weighted by Crippen LogP contribution is -2.58. The van der Waals surface area contributed by atoms with Crippen LogP contribution in [0.4, 0.5) is 17.1 Å². The lowest BCUT2D eigenvalue weighted by Gasteiger charge is -2.36. The van der Waals surface area contributed by atoms with Crippen LogP contribution in [0.25, 0.3) is 60.5 Å². The van der Waals surface area contributed by atoms with Crippen molar-refractivity contribution in [3.05, 3.63) is 224 Å². The van der Waals surface area contributed by atoms with E-state index in [1.165, 1.54) is 10.8 Å². The van der Waals surface area contributed by atoms with Crippen molar-refractivity contribution in [2.45, 2.75) is 0 Å². The molecule has 13 rings (SSSR count). The van der Waals surface area contributed by atoms with Gasteiger partial charge in [0.05, 0.1) is 11.0 Å². The van der Waals surface area contributed by atoms with Crippen LogP contribution in [0.1, 0.15) is 0 Å². The Morgan fingerprint density at radius 1 is 0.381 bits per heavy atom. The predicted molar refractivity (Wildman–Crippen MR) is 262 cm³/mol. The Bertz CT molecular complexity index is 3520.